The van der Waals surface area contributed by atoms with Crippen LogP contribution >= 0.6 is 0 Å². The summed E-state index contributed by atoms with van der Waals surface area (Å²) in [5.41, 5.74) is 0. The maximum atomic E-state index is 10.6. The van der Waals surface area contributed by atoms with Gasteiger partial charge in [-0.05, 0) is 19.3 Å². The van der Waals surface area contributed by atoms with E-state index in [1.165, 1.54) is 83.5 Å². The average Bonchev–Trinajstić information content (AvgIpc) is 2.54. The summed E-state index contributed by atoms with van der Waals surface area (Å²) in [6.45, 7) is 4.34. The summed E-state index contributed by atoms with van der Waals surface area (Å²) >= 11 is 0. The van der Waals surface area contributed by atoms with Crippen LogP contribution in [0.1, 0.15) is 123 Å². The fourth-order valence-corrected chi connectivity index (χ4v) is 3.29. The van der Waals surface area contributed by atoms with Crippen molar-refractivity contribution in [1.29, 1.82) is 0 Å². The molecule has 24 heavy (non-hydrogen) atoms. The third kappa shape index (κ3) is 17.6. The Morgan fingerprint density at radius 3 is 1.46 bits per heavy atom. The highest BCUT2D eigenvalue weighted by Gasteiger charge is 2.11. The summed E-state index contributed by atoms with van der Waals surface area (Å²) in [7, 11) is 0. The molecule has 0 fully saturated rings. The molecule has 1 N–H and O–H groups in total. The molecule has 0 amide bonds. The van der Waals surface area contributed by atoms with Gasteiger partial charge in [0.2, 0.25) is 0 Å². The van der Waals surface area contributed by atoms with Crippen LogP contribution < -0.4 is 0 Å². The van der Waals surface area contributed by atoms with Crippen LogP contribution in [0.3, 0.4) is 0 Å². The molecule has 0 bridgehead atoms. The van der Waals surface area contributed by atoms with E-state index in [9.17, 15) is 4.79 Å². The number of carboxylic acid groups (broad SMARTS) is 1. The van der Waals surface area contributed by atoms with Gasteiger partial charge in [0.25, 0.3) is 0 Å². The van der Waals surface area contributed by atoms with Gasteiger partial charge in [-0.15, -0.1) is 0 Å². The van der Waals surface area contributed by atoms with E-state index >= 15 is 0 Å². The molecule has 0 spiro atoms. The lowest BCUT2D eigenvalue weighted by molar-refractivity contribution is 0.0431. The SMILES string of the molecule is CCCCCCCCCCCCCCCCC(CCC)OC(=O)O. The number of carbonyl (C=O) groups is 1. The van der Waals surface area contributed by atoms with E-state index in [-0.39, 0.29) is 6.10 Å². The highest BCUT2D eigenvalue weighted by Crippen LogP contribution is 2.16. The minimum Gasteiger partial charge on any atom is -0.450 e. The fourth-order valence-electron chi connectivity index (χ4n) is 3.29. The van der Waals surface area contributed by atoms with Crippen molar-refractivity contribution in [3.05, 3.63) is 0 Å². The van der Waals surface area contributed by atoms with Crippen LogP contribution in [-0.2, 0) is 4.74 Å². The van der Waals surface area contributed by atoms with Gasteiger partial charge >= 0.3 is 6.16 Å². The maximum Gasteiger partial charge on any atom is 0.506 e. The minimum absolute atomic E-state index is 0.0928. The molecular formula is C21H42O3. The predicted octanol–water partition coefficient (Wildman–Crippen LogP) is 7.72. The third-order valence-corrected chi connectivity index (χ3v) is 4.76. The van der Waals surface area contributed by atoms with Gasteiger partial charge < -0.3 is 9.84 Å². The van der Waals surface area contributed by atoms with E-state index in [1.807, 2.05) is 0 Å². The molecule has 0 aromatic rings. The second kappa shape index (κ2) is 18.6. The zero-order chi connectivity index (χ0) is 17.9. The maximum absolute atomic E-state index is 10.6. The molecule has 0 aliphatic carbocycles. The first-order valence-corrected chi connectivity index (χ1v) is 10.6. The molecule has 144 valence electrons. The Morgan fingerprint density at radius 1 is 0.667 bits per heavy atom. The van der Waals surface area contributed by atoms with E-state index in [1.54, 1.807) is 0 Å². The Morgan fingerprint density at radius 2 is 1.08 bits per heavy atom. The second-order valence-corrected chi connectivity index (χ2v) is 7.18. The van der Waals surface area contributed by atoms with E-state index in [0.29, 0.717) is 0 Å². The molecular weight excluding hydrogens is 300 g/mol. The fraction of sp³-hybridized carbons (Fsp3) is 0.952. The van der Waals surface area contributed by atoms with Gasteiger partial charge in [0.1, 0.15) is 6.10 Å². The van der Waals surface area contributed by atoms with Gasteiger partial charge in [-0.1, -0.05) is 104 Å². The van der Waals surface area contributed by atoms with Gasteiger partial charge in [-0.2, -0.15) is 0 Å². The summed E-state index contributed by atoms with van der Waals surface area (Å²) in [4.78, 5) is 10.6. The van der Waals surface area contributed by atoms with Crippen LogP contribution in [0.4, 0.5) is 4.79 Å². The van der Waals surface area contributed by atoms with Crippen molar-refractivity contribution in [3.63, 3.8) is 0 Å². The molecule has 1 unspecified atom stereocenters. The number of unbranched alkanes of at least 4 members (excludes halogenated alkanes) is 13. The normalized spacial score (nSPS) is 12.2. The van der Waals surface area contributed by atoms with Crippen molar-refractivity contribution < 1.29 is 14.6 Å². The topological polar surface area (TPSA) is 46.5 Å². The first-order chi connectivity index (χ1) is 11.7. The zero-order valence-corrected chi connectivity index (χ0v) is 16.4. The lowest BCUT2D eigenvalue weighted by atomic mass is 10.0. The van der Waals surface area contributed by atoms with Crippen molar-refractivity contribution in [1.82, 2.24) is 0 Å². The van der Waals surface area contributed by atoms with Crippen LogP contribution in [-0.4, -0.2) is 17.4 Å². The lowest BCUT2D eigenvalue weighted by Gasteiger charge is -2.14. The highest BCUT2D eigenvalue weighted by atomic mass is 16.7. The van der Waals surface area contributed by atoms with Crippen molar-refractivity contribution in [2.24, 2.45) is 0 Å². The van der Waals surface area contributed by atoms with Gasteiger partial charge in [-0.25, -0.2) is 4.79 Å². The summed E-state index contributed by atoms with van der Waals surface area (Å²) in [5, 5.41) is 8.70. The number of hydrogen-bond donors (Lipinski definition) is 1. The van der Waals surface area contributed by atoms with Gasteiger partial charge in [0.15, 0.2) is 0 Å². The first-order valence-electron chi connectivity index (χ1n) is 10.6. The van der Waals surface area contributed by atoms with Crippen LogP contribution in [0.2, 0.25) is 0 Å². The average molecular weight is 343 g/mol. The molecule has 0 saturated carbocycles. The Bertz CT molecular complexity index is 266. The molecule has 0 aliphatic heterocycles. The number of ether oxygens (including phenoxy) is 1. The van der Waals surface area contributed by atoms with Crippen LogP contribution in [0, 0.1) is 0 Å². The molecule has 0 aliphatic rings. The quantitative estimate of drug-likeness (QED) is 0.205. The highest BCUT2D eigenvalue weighted by molar-refractivity contribution is 5.57. The molecule has 1 atom stereocenters. The Hall–Kier alpha value is -0.730. The van der Waals surface area contributed by atoms with E-state index in [4.69, 9.17) is 9.84 Å². The van der Waals surface area contributed by atoms with Gasteiger partial charge in [0.05, 0.1) is 0 Å². The van der Waals surface area contributed by atoms with Gasteiger partial charge in [-0.3, -0.25) is 0 Å². The molecule has 0 rings (SSSR count). The van der Waals surface area contributed by atoms with E-state index in [2.05, 4.69) is 13.8 Å². The smallest absolute Gasteiger partial charge is 0.450 e. The molecule has 0 aromatic heterocycles. The standard InChI is InChI=1S/C21H42O3/c1-3-5-6-7-8-9-10-11-12-13-14-15-16-17-19-20(18-4-2)24-21(22)23/h20H,3-19H2,1-2H3,(H,22,23). The van der Waals surface area contributed by atoms with Crippen LogP contribution in [0.15, 0.2) is 0 Å². The Labute approximate surface area is 150 Å². The van der Waals surface area contributed by atoms with E-state index in [0.717, 1.165) is 25.7 Å². The number of rotatable bonds is 18. The van der Waals surface area contributed by atoms with Gasteiger partial charge in [0, 0.05) is 0 Å². The summed E-state index contributed by atoms with van der Waals surface area (Å²) in [5.74, 6) is 0. The second-order valence-electron chi connectivity index (χ2n) is 7.18. The summed E-state index contributed by atoms with van der Waals surface area (Å²) in [6, 6.07) is 0. The Balaban J connectivity index is 3.25. The van der Waals surface area contributed by atoms with Crippen molar-refractivity contribution >= 4 is 6.16 Å². The van der Waals surface area contributed by atoms with Crippen molar-refractivity contribution in [3.8, 4) is 0 Å². The van der Waals surface area contributed by atoms with Crippen molar-refractivity contribution in [2.45, 2.75) is 129 Å². The molecule has 3 heteroatoms. The monoisotopic (exact) mass is 342 g/mol. The molecule has 0 saturated heterocycles. The summed E-state index contributed by atoms with van der Waals surface area (Å²) in [6.07, 6.45) is 20.4. The van der Waals surface area contributed by atoms with Crippen LogP contribution in [0.25, 0.3) is 0 Å². The molecule has 0 radical (unpaired) electrons. The molecule has 0 heterocycles. The van der Waals surface area contributed by atoms with Crippen molar-refractivity contribution in [2.75, 3.05) is 0 Å². The largest absolute Gasteiger partial charge is 0.506 e. The lowest BCUT2D eigenvalue weighted by Crippen LogP contribution is -2.16. The molecule has 0 aromatic carbocycles. The summed E-state index contributed by atoms with van der Waals surface area (Å²) < 4.78 is 4.92. The van der Waals surface area contributed by atoms with Crippen LogP contribution in [0.5, 0.6) is 0 Å². The zero-order valence-electron chi connectivity index (χ0n) is 16.4. The Kier molecular flexibility index (Phi) is 18.0. The first kappa shape index (κ1) is 23.3. The predicted molar refractivity (Wildman–Crippen MR) is 103 cm³/mol. The molecule has 3 nitrogen and oxygen atoms in total. The van der Waals surface area contributed by atoms with E-state index < -0.39 is 6.16 Å². The third-order valence-electron chi connectivity index (χ3n) is 4.76. The number of hydrogen-bond acceptors (Lipinski definition) is 2. The minimum atomic E-state index is -1.13.